The first kappa shape index (κ1) is 12.9. The van der Waals surface area contributed by atoms with E-state index in [4.69, 9.17) is 0 Å². The molecule has 1 fully saturated rings. The van der Waals surface area contributed by atoms with Gasteiger partial charge in [0.2, 0.25) is 0 Å². The molecule has 0 saturated carbocycles. The number of rotatable bonds is 2. The van der Waals surface area contributed by atoms with Crippen LogP contribution in [0.2, 0.25) is 0 Å². The van der Waals surface area contributed by atoms with Crippen molar-refractivity contribution in [1.82, 2.24) is 5.32 Å². The number of aldehydes is 1. The Morgan fingerprint density at radius 2 is 2.00 bits per heavy atom. The van der Waals surface area contributed by atoms with Crippen LogP contribution in [0.4, 0.5) is 10.1 Å². The predicted octanol–water partition coefficient (Wildman–Crippen LogP) is 1.47. The van der Waals surface area contributed by atoms with Crippen LogP contribution in [-0.4, -0.2) is 32.5 Å². The second kappa shape index (κ2) is 5.82. The van der Waals surface area contributed by atoms with E-state index in [1.54, 1.807) is 12.1 Å². The lowest BCUT2D eigenvalue weighted by Gasteiger charge is -2.30. The lowest BCUT2D eigenvalue weighted by Crippen LogP contribution is -2.44. The van der Waals surface area contributed by atoms with Crippen molar-refractivity contribution in [2.45, 2.75) is 0 Å². The molecule has 0 aromatic heterocycles. The van der Waals surface area contributed by atoms with Gasteiger partial charge < -0.3 is 10.2 Å². The lowest BCUT2D eigenvalue weighted by molar-refractivity contribution is 0.112. The van der Waals surface area contributed by atoms with Crippen LogP contribution in [0.1, 0.15) is 10.4 Å². The molecule has 1 aromatic carbocycles. The van der Waals surface area contributed by atoms with E-state index >= 15 is 0 Å². The second-order valence-corrected chi connectivity index (χ2v) is 3.53. The van der Waals surface area contributed by atoms with Gasteiger partial charge >= 0.3 is 0 Å². The molecule has 0 unspecified atom stereocenters. The predicted molar refractivity (Wildman–Crippen MR) is 64.1 cm³/mol. The summed E-state index contributed by atoms with van der Waals surface area (Å²) >= 11 is 0. The van der Waals surface area contributed by atoms with Crippen LogP contribution in [0.3, 0.4) is 0 Å². The zero-order chi connectivity index (χ0) is 10.7. The van der Waals surface area contributed by atoms with Crippen LogP contribution in [-0.2, 0) is 0 Å². The van der Waals surface area contributed by atoms with Gasteiger partial charge in [-0.2, -0.15) is 0 Å². The molecule has 88 valence electrons. The largest absolute Gasteiger partial charge is 0.366 e. The summed E-state index contributed by atoms with van der Waals surface area (Å²) in [5, 5.41) is 3.19. The van der Waals surface area contributed by atoms with Gasteiger partial charge in [-0.05, 0) is 12.1 Å². The molecule has 1 heterocycles. The van der Waals surface area contributed by atoms with E-state index in [-0.39, 0.29) is 18.2 Å². The fourth-order valence-electron chi connectivity index (χ4n) is 1.85. The standard InChI is InChI=1S/C11H13FN2O.ClH/c12-10-3-1-2-9(8-15)11(10)14-6-4-13-5-7-14;/h1-3,8,13H,4-7H2;1H. The number of halogens is 2. The van der Waals surface area contributed by atoms with Crippen LogP contribution in [0.5, 0.6) is 0 Å². The monoisotopic (exact) mass is 244 g/mol. The number of hydrogen-bond acceptors (Lipinski definition) is 3. The van der Waals surface area contributed by atoms with Gasteiger partial charge in [-0.1, -0.05) is 6.07 Å². The third-order valence-electron chi connectivity index (χ3n) is 2.58. The third kappa shape index (κ3) is 2.51. The Morgan fingerprint density at radius 3 is 2.62 bits per heavy atom. The van der Waals surface area contributed by atoms with E-state index in [0.717, 1.165) is 26.2 Å². The summed E-state index contributed by atoms with van der Waals surface area (Å²) in [7, 11) is 0. The summed E-state index contributed by atoms with van der Waals surface area (Å²) in [5.41, 5.74) is 0.867. The Kier molecular flexibility index (Phi) is 4.71. The summed E-state index contributed by atoms with van der Waals surface area (Å²) in [6.45, 7) is 3.13. The Labute approximate surface area is 100 Å². The highest BCUT2D eigenvalue weighted by molar-refractivity contribution is 5.85. The van der Waals surface area contributed by atoms with Gasteiger partial charge in [0.05, 0.1) is 5.69 Å². The molecule has 0 aliphatic carbocycles. The van der Waals surface area contributed by atoms with Gasteiger partial charge in [0.25, 0.3) is 0 Å². The number of benzene rings is 1. The van der Waals surface area contributed by atoms with Crippen molar-refractivity contribution in [2.24, 2.45) is 0 Å². The molecule has 1 aromatic rings. The molecular formula is C11H14ClFN2O. The summed E-state index contributed by atoms with van der Waals surface area (Å²) in [5.74, 6) is -0.318. The van der Waals surface area contributed by atoms with Crippen LogP contribution in [0.25, 0.3) is 0 Å². The molecule has 16 heavy (non-hydrogen) atoms. The van der Waals surface area contributed by atoms with Gasteiger partial charge in [0, 0.05) is 31.7 Å². The average Bonchev–Trinajstić information content (AvgIpc) is 2.29. The maximum atomic E-state index is 13.6. The molecule has 0 amide bonds. The van der Waals surface area contributed by atoms with E-state index in [9.17, 15) is 9.18 Å². The minimum atomic E-state index is -0.318. The number of hydrogen-bond donors (Lipinski definition) is 1. The van der Waals surface area contributed by atoms with Crippen LogP contribution >= 0.6 is 12.4 Å². The molecule has 0 radical (unpaired) electrons. The van der Waals surface area contributed by atoms with Crippen molar-refractivity contribution in [3.63, 3.8) is 0 Å². The molecule has 2 rings (SSSR count). The van der Waals surface area contributed by atoms with Crippen LogP contribution in [0, 0.1) is 5.82 Å². The number of nitrogens with one attached hydrogen (secondary N) is 1. The quantitative estimate of drug-likeness (QED) is 0.800. The molecule has 1 N–H and O–H groups in total. The molecule has 1 saturated heterocycles. The second-order valence-electron chi connectivity index (χ2n) is 3.53. The van der Waals surface area contributed by atoms with E-state index in [1.165, 1.54) is 6.07 Å². The molecule has 3 nitrogen and oxygen atoms in total. The minimum Gasteiger partial charge on any atom is -0.366 e. The molecular weight excluding hydrogens is 231 g/mol. The molecule has 0 atom stereocenters. The Bertz CT molecular complexity index is 367. The number of nitrogens with zero attached hydrogens (tertiary/aromatic N) is 1. The highest BCUT2D eigenvalue weighted by Crippen LogP contribution is 2.23. The van der Waals surface area contributed by atoms with Crippen molar-refractivity contribution in [1.29, 1.82) is 0 Å². The Hall–Kier alpha value is -1.13. The first-order valence-electron chi connectivity index (χ1n) is 5.02. The molecule has 1 aliphatic rings. The average molecular weight is 245 g/mol. The SMILES string of the molecule is Cl.O=Cc1cccc(F)c1N1CCNCC1. The lowest BCUT2D eigenvalue weighted by atomic mass is 10.1. The van der Waals surface area contributed by atoms with Gasteiger partial charge in [-0.3, -0.25) is 4.79 Å². The molecule has 5 heteroatoms. The molecule has 1 aliphatic heterocycles. The number of para-hydroxylation sites is 1. The summed E-state index contributed by atoms with van der Waals surface area (Å²) < 4.78 is 13.6. The van der Waals surface area contributed by atoms with Crippen LogP contribution in [0.15, 0.2) is 18.2 Å². The summed E-state index contributed by atoms with van der Waals surface area (Å²) in [6, 6.07) is 4.60. The minimum absolute atomic E-state index is 0. The summed E-state index contributed by atoms with van der Waals surface area (Å²) in [6.07, 6.45) is 0.709. The number of piperazine rings is 1. The fraction of sp³-hybridized carbons (Fsp3) is 0.364. The van der Waals surface area contributed by atoms with E-state index in [1.807, 2.05) is 4.90 Å². The first-order valence-corrected chi connectivity index (χ1v) is 5.02. The number of anilines is 1. The van der Waals surface area contributed by atoms with Crippen molar-refractivity contribution in [3.05, 3.63) is 29.6 Å². The maximum Gasteiger partial charge on any atom is 0.152 e. The van der Waals surface area contributed by atoms with Gasteiger partial charge in [0.1, 0.15) is 5.82 Å². The Morgan fingerprint density at radius 1 is 1.31 bits per heavy atom. The van der Waals surface area contributed by atoms with Gasteiger partial charge in [-0.15, -0.1) is 12.4 Å². The highest BCUT2D eigenvalue weighted by atomic mass is 35.5. The van der Waals surface area contributed by atoms with E-state index < -0.39 is 0 Å². The topological polar surface area (TPSA) is 32.3 Å². The van der Waals surface area contributed by atoms with E-state index in [2.05, 4.69) is 5.32 Å². The summed E-state index contributed by atoms with van der Waals surface area (Å²) in [4.78, 5) is 12.7. The zero-order valence-corrected chi connectivity index (χ0v) is 9.60. The normalized spacial score (nSPS) is 15.4. The van der Waals surface area contributed by atoms with Crippen LogP contribution < -0.4 is 10.2 Å². The van der Waals surface area contributed by atoms with Crippen molar-refractivity contribution >= 4 is 24.4 Å². The molecule has 0 bridgehead atoms. The van der Waals surface area contributed by atoms with Crippen molar-refractivity contribution < 1.29 is 9.18 Å². The first-order chi connectivity index (χ1) is 7.33. The maximum absolute atomic E-state index is 13.6. The highest BCUT2D eigenvalue weighted by Gasteiger charge is 2.17. The fourth-order valence-corrected chi connectivity index (χ4v) is 1.85. The molecule has 0 spiro atoms. The third-order valence-corrected chi connectivity index (χ3v) is 2.58. The number of carbonyl (C=O) groups is 1. The smallest absolute Gasteiger partial charge is 0.152 e. The zero-order valence-electron chi connectivity index (χ0n) is 8.78. The Balaban J connectivity index is 0.00000128. The van der Waals surface area contributed by atoms with Crippen molar-refractivity contribution in [2.75, 3.05) is 31.1 Å². The van der Waals surface area contributed by atoms with E-state index in [0.29, 0.717) is 17.5 Å². The number of carbonyl (C=O) groups excluding carboxylic acids is 1. The van der Waals surface area contributed by atoms with Gasteiger partial charge in [-0.25, -0.2) is 4.39 Å². The van der Waals surface area contributed by atoms with Crippen molar-refractivity contribution in [3.8, 4) is 0 Å². The van der Waals surface area contributed by atoms with Gasteiger partial charge in [0.15, 0.2) is 6.29 Å².